The normalized spacial score (nSPS) is 12.2. The molecule has 100 valence electrons. The maximum absolute atomic E-state index is 12.0. The van der Waals surface area contributed by atoms with E-state index in [1.54, 1.807) is 0 Å². The highest BCUT2D eigenvalue weighted by Crippen LogP contribution is 2.11. The van der Waals surface area contributed by atoms with Crippen molar-refractivity contribution in [2.45, 2.75) is 33.6 Å². The molecule has 0 aliphatic carbocycles. The molecule has 0 radical (unpaired) electrons. The number of hydrogen-bond donors (Lipinski definition) is 1. The lowest BCUT2D eigenvalue weighted by atomic mass is 10.0. The maximum atomic E-state index is 12.0. The molecule has 1 atom stereocenters. The largest absolute Gasteiger partial charge is 0.352 e. The average molecular weight is 312 g/mol. The molecule has 0 saturated heterocycles. The van der Waals surface area contributed by atoms with Gasteiger partial charge in [0, 0.05) is 17.4 Å². The molecule has 1 rings (SSSR count). The van der Waals surface area contributed by atoms with E-state index in [-0.39, 0.29) is 5.91 Å². The Morgan fingerprint density at radius 2 is 2.11 bits per heavy atom. The Morgan fingerprint density at radius 3 is 2.78 bits per heavy atom. The van der Waals surface area contributed by atoms with Gasteiger partial charge in [0.05, 0.1) is 0 Å². The second-order valence-corrected chi connectivity index (χ2v) is 5.62. The molecule has 0 saturated carbocycles. The molecule has 1 aromatic rings. The van der Waals surface area contributed by atoms with Crippen molar-refractivity contribution in [1.29, 1.82) is 0 Å². The van der Waals surface area contributed by atoms with Gasteiger partial charge in [-0.1, -0.05) is 40.5 Å². The summed E-state index contributed by atoms with van der Waals surface area (Å²) in [5.41, 5.74) is 2.95. The van der Waals surface area contributed by atoms with E-state index in [1.165, 1.54) is 0 Å². The number of carbonyl (C=O) groups excluding carboxylic acids is 1. The van der Waals surface area contributed by atoms with Crippen LogP contribution in [0.2, 0.25) is 0 Å². The number of amides is 1. The first-order valence-electron chi connectivity index (χ1n) is 6.46. The predicted octanol–water partition coefficient (Wildman–Crippen LogP) is 3.84. The van der Waals surface area contributed by atoms with Crippen LogP contribution < -0.4 is 5.32 Å². The molecule has 0 bridgehead atoms. The van der Waals surface area contributed by atoms with Crippen molar-refractivity contribution < 1.29 is 4.79 Å². The molecule has 0 heterocycles. The van der Waals surface area contributed by atoms with Gasteiger partial charge in [-0.3, -0.25) is 4.79 Å². The van der Waals surface area contributed by atoms with E-state index in [2.05, 4.69) is 28.2 Å². The summed E-state index contributed by atoms with van der Waals surface area (Å²) in [6, 6.07) is 5.98. The monoisotopic (exact) mass is 311 g/mol. The lowest BCUT2D eigenvalue weighted by molar-refractivity contribution is 0.0952. The predicted molar refractivity (Wildman–Crippen MR) is 80.4 cm³/mol. The maximum Gasteiger partial charge on any atom is 0.251 e. The average Bonchev–Trinajstić information content (AvgIpc) is 2.36. The first kappa shape index (κ1) is 15.2. The lowest BCUT2D eigenvalue weighted by Gasteiger charge is -2.10. The molecule has 2 nitrogen and oxygen atoms in total. The molecule has 1 aromatic carbocycles. The van der Waals surface area contributed by atoms with Crippen molar-refractivity contribution in [2.24, 2.45) is 5.92 Å². The number of benzene rings is 1. The molecule has 3 heteroatoms. The van der Waals surface area contributed by atoms with Gasteiger partial charge in [0.2, 0.25) is 0 Å². The summed E-state index contributed by atoms with van der Waals surface area (Å²) >= 11 is 3.46. The van der Waals surface area contributed by atoms with Gasteiger partial charge in [0.15, 0.2) is 0 Å². The van der Waals surface area contributed by atoms with E-state index in [0.29, 0.717) is 5.92 Å². The molecular weight excluding hydrogens is 290 g/mol. The minimum Gasteiger partial charge on any atom is -0.352 e. The van der Waals surface area contributed by atoms with Gasteiger partial charge in [0.25, 0.3) is 5.91 Å². The second kappa shape index (κ2) is 7.57. The fourth-order valence-corrected chi connectivity index (χ4v) is 2.13. The molecule has 0 aliphatic rings. The van der Waals surface area contributed by atoms with Crippen LogP contribution in [0.1, 0.15) is 41.3 Å². The Bertz CT molecular complexity index is 403. The van der Waals surface area contributed by atoms with Crippen molar-refractivity contribution in [3.05, 3.63) is 34.9 Å². The molecule has 0 spiro atoms. The smallest absolute Gasteiger partial charge is 0.251 e. The van der Waals surface area contributed by atoms with Gasteiger partial charge in [0.1, 0.15) is 0 Å². The Labute approximate surface area is 118 Å². The highest BCUT2D eigenvalue weighted by Gasteiger charge is 2.08. The van der Waals surface area contributed by atoms with Crippen molar-refractivity contribution in [3.8, 4) is 0 Å². The zero-order valence-electron chi connectivity index (χ0n) is 11.4. The summed E-state index contributed by atoms with van der Waals surface area (Å²) in [6.07, 6.45) is 2.17. The van der Waals surface area contributed by atoms with Crippen LogP contribution >= 0.6 is 15.9 Å². The van der Waals surface area contributed by atoms with Crippen molar-refractivity contribution >= 4 is 21.8 Å². The first-order chi connectivity index (χ1) is 8.54. The third kappa shape index (κ3) is 4.81. The van der Waals surface area contributed by atoms with E-state index in [0.717, 1.165) is 41.4 Å². The van der Waals surface area contributed by atoms with Gasteiger partial charge in [-0.15, -0.1) is 0 Å². The minimum atomic E-state index is 0.0442. The van der Waals surface area contributed by atoms with Crippen LogP contribution in [0.15, 0.2) is 18.2 Å². The number of rotatable bonds is 6. The number of nitrogens with one attached hydrogen (secondary N) is 1. The van der Waals surface area contributed by atoms with E-state index < -0.39 is 0 Å². The van der Waals surface area contributed by atoms with Crippen LogP contribution in [0.3, 0.4) is 0 Å². The SMILES string of the molecule is Cc1ccc(C)c(C(=O)NCCCC(C)CBr)c1. The molecule has 1 unspecified atom stereocenters. The molecule has 1 N–H and O–H groups in total. The summed E-state index contributed by atoms with van der Waals surface area (Å²) in [5, 5.41) is 4.02. The van der Waals surface area contributed by atoms with Crippen LogP contribution in [0.5, 0.6) is 0 Å². The third-order valence-electron chi connectivity index (χ3n) is 3.06. The topological polar surface area (TPSA) is 29.1 Å². The number of aryl methyl sites for hydroxylation is 2. The standard InChI is InChI=1S/C15H22BrNO/c1-11-6-7-13(3)14(9-11)15(18)17-8-4-5-12(2)10-16/h6-7,9,12H,4-5,8,10H2,1-3H3,(H,17,18). The highest BCUT2D eigenvalue weighted by atomic mass is 79.9. The summed E-state index contributed by atoms with van der Waals surface area (Å²) < 4.78 is 0. The van der Waals surface area contributed by atoms with Crippen LogP contribution in [-0.4, -0.2) is 17.8 Å². The second-order valence-electron chi connectivity index (χ2n) is 4.98. The third-order valence-corrected chi connectivity index (χ3v) is 4.17. The quantitative estimate of drug-likeness (QED) is 0.627. The molecule has 18 heavy (non-hydrogen) atoms. The summed E-state index contributed by atoms with van der Waals surface area (Å²) in [7, 11) is 0. The first-order valence-corrected chi connectivity index (χ1v) is 7.58. The molecular formula is C15H22BrNO. The Balaban J connectivity index is 2.43. The van der Waals surface area contributed by atoms with E-state index in [4.69, 9.17) is 0 Å². The summed E-state index contributed by atoms with van der Waals surface area (Å²) in [6.45, 7) is 6.94. The highest BCUT2D eigenvalue weighted by molar-refractivity contribution is 9.09. The Morgan fingerprint density at radius 1 is 1.39 bits per heavy atom. The molecule has 0 fully saturated rings. The summed E-state index contributed by atoms with van der Waals surface area (Å²) in [5.74, 6) is 0.713. The fraction of sp³-hybridized carbons (Fsp3) is 0.533. The van der Waals surface area contributed by atoms with E-state index in [1.807, 2.05) is 32.0 Å². The minimum absolute atomic E-state index is 0.0442. The Kier molecular flexibility index (Phi) is 6.41. The lowest BCUT2D eigenvalue weighted by Crippen LogP contribution is -2.25. The number of carbonyl (C=O) groups is 1. The molecule has 1 amide bonds. The number of halogens is 1. The van der Waals surface area contributed by atoms with Gasteiger partial charge >= 0.3 is 0 Å². The number of alkyl halides is 1. The van der Waals surface area contributed by atoms with Crippen LogP contribution in [0.25, 0.3) is 0 Å². The van der Waals surface area contributed by atoms with Crippen molar-refractivity contribution in [1.82, 2.24) is 5.32 Å². The van der Waals surface area contributed by atoms with Gasteiger partial charge in [-0.2, -0.15) is 0 Å². The van der Waals surface area contributed by atoms with E-state index in [9.17, 15) is 4.79 Å². The van der Waals surface area contributed by atoms with Gasteiger partial charge in [-0.05, 0) is 44.2 Å². The zero-order chi connectivity index (χ0) is 13.5. The van der Waals surface area contributed by atoms with Crippen molar-refractivity contribution in [2.75, 3.05) is 11.9 Å². The molecule has 0 aromatic heterocycles. The zero-order valence-corrected chi connectivity index (χ0v) is 13.0. The van der Waals surface area contributed by atoms with Crippen LogP contribution in [0.4, 0.5) is 0 Å². The van der Waals surface area contributed by atoms with E-state index >= 15 is 0 Å². The summed E-state index contributed by atoms with van der Waals surface area (Å²) in [4.78, 5) is 12.0. The van der Waals surface area contributed by atoms with Gasteiger partial charge < -0.3 is 5.32 Å². The van der Waals surface area contributed by atoms with Gasteiger partial charge in [-0.25, -0.2) is 0 Å². The molecule has 0 aliphatic heterocycles. The fourth-order valence-electron chi connectivity index (χ4n) is 1.81. The Hall–Kier alpha value is -0.830. The van der Waals surface area contributed by atoms with Crippen molar-refractivity contribution in [3.63, 3.8) is 0 Å². The number of hydrogen-bond acceptors (Lipinski definition) is 1. The van der Waals surface area contributed by atoms with Crippen LogP contribution in [0, 0.1) is 19.8 Å². The van der Waals surface area contributed by atoms with Crippen LogP contribution in [-0.2, 0) is 0 Å².